The molecule has 1 aliphatic rings. The van der Waals surface area contributed by atoms with Crippen LogP contribution in [-0.2, 0) is 4.79 Å². The number of β-amino-alcohol motifs (C(OH)–C–C–N with tert-alkyl or cyclic N) is 1. The lowest BCUT2D eigenvalue weighted by atomic mass is 10.1. The highest BCUT2D eigenvalue weighted by Crippen LogP contribution is 2.20. The van der Waals surface area contributed by atoms with Crippen LogP contribution < -0.4 is 5.32 Å². The zero-order valence-corrected chi connectivity index (χ0v) is 15.5. The van der Waals surface area contributed by atoms with E-state index in [-0.39, 0.29) is 11.8 Å². The second-order valence-corrected chi connectivity index (χ2v) is 7.36. The van der Waals surface area contributed by atoms with Gasteiger partial charge in [0.2, 0.25) is 5.91 Å². The molecule has 0 bridgehead atoms. The van der Waals surface area contributed by atoms with E-state index in [0.717, 1.165) is 18.0 Å². The van der Waals surface area contributed by atoms with Crippen LogP contribution in [0.3, 0.4) is 0 Å². The molecule has 138 valence electrons. The zero-order chi connectivity index (χ0) is 18.5. The minimum atomic E-state index is -0.474. The summed E-state index contributed by atoms with van der Waals surface area (Å²) >= 11 is 1.56. The maximum atomic E-state index is 12.6. The number of anilines is 1. The molecule has 2 N–H and O–H groups in total. The average molecular weight is 373 g/mol. The number of amides is 2. The van der Waals surface area contributed by atoms with Gasteiger partial charge >= 0.3 is 0 Å². The highest BCUT2D eigenvalue weighted by Gasteiger charge is 2.24. The smallest absolute Gasteiger partial charge is 0.253 e. The van der Waals surface area contributed by atoms with E-state index in [1.807, 2.05) is 22.4 Å². The second-order valence-electron chi connectivity index (χ2n) is 6.38. The summed E-state index contributed by atoms with van der Waals surface area (Å²) in [5.74, 6) is -0.136. The number of aliphatic hydroxyl groups excluding tert-OH is 1. The third-order valence-corrected chi connectivity index (χ3v) is 5.39. The molecule has 1 aromatic carbocycles. The summed E-state index contributed by atoms with van der Waals surface area (Å²) in [4.78, 5) is 28.7. The predicted molar refractivity (Wildman–Crippen MR) is 102 cm³/mol. The molecule has 0 unspecified atom stereocenters. The van der Waals surface area contributed by atoms with Crippen LogP contribution in [0.25, 0.3) is 0 Å². The molecule has 7 heteroatoms. The molecule has 2 aromatic rings. The van der Waals surface area contributed by atoms with Gasteiger partial charge < -0.3 is 15.3 Å². The number of rotatable bonds is 5. The van der Waals surface area contributed by atoms with E-state index in [0.29, 0.717) is 30.9 Å². The Morgan fingerprint density at radius 2 is 1.85 bits per heavy atom. The molecule has 0 aliphatic carbocycles. The number of carbonyl (C=O) groups excluding carboxylic acids is 2. The van der Waals surface area contributed by atoms with Crippen LogP contribution >= 0.6 is 11.3 Å². The zero-order valence-electron chi connectivity index (χ0n) is 14.7. The van der Waals surface area contributed by atoms with Crippen molar-refractivity contribution in [3.63, 3.8) is 0 Å². The van der Waals surface area contributed by atoms with Crippen LogP contribution in [0.2, 0.25) is 0 Å². The van der Waals surface area contributed by atoms with E-state index < -0.39 is 6.10 Å². The number of aliphatic hydroxyl groups is 1. The lowest BCUT2D eigenvalue weighted by Crippen LogP contribution is -2.49. The van der Waals surface area contributed by atoms with E-state index in [1.165, 1.54) is 6.92 Å². The minimum Gasteiger partial charge on any atom is -0.386 e. The maximum Gasteiger partial charge on any atom is 0.253 e. The molecular formula is C19H23N3O3S. The van der Waals surface area contributed by atoms with Crippen molar-refractivity contribution >= 4 is 28.8 Å². The first-order chi connectivity index (χ1) is 12.5. The summed E-state index contributed by atoms with van der Waals surface area (Å²) in [5.41, 5.74) is 1.30. The van der Waals surface area contributed by atoms with E-state index in [2.05, 4.69) is 10.2 Å². The molecule has 1 aliphatic heterocycles. The third-order valence-electron chi connectivity index (χ3n) is 4.41. The van der Waals surface area contributed by atoms with Gasteiger partial charge in [-0.05, 0) is 35.7 Å². The van der Waals surface area contributed by atoms with Gasteiger partial charge in [0.25, 0.3) is 5.91 Å². The summed E-state index contributed by atoms with van der Waals surface area (Å²) in [5, 5.41) is 14.9. The van der Waals surface area contributed by atoms with E-state index in [4.69, 9.17) is 0 Å². The molecule has 2 heterocycles. The van der Waals surface area contributed by atoms with Crippen molar-refractivity contribution in [2.45, 2.75) is 13.0 Å². The minimum absolute atomic E-state index is 0.00201. The van der Waals surface area contributed by atoms with Crippen molar-refractivity contribution < 1.29 is 14.7 Å². The van der Waals surface area contributed by atoms with Crippen molar-refractivity contribution in [2.24, 2.45) is 0 Å². The van der Waals surface area contributed by atoms with Crippen LogP contribution in [0.5, 0.6) is 0 Å². The molecule has 0 spiro atoms. The molecule has 0 saturated carbocycles. The van der Waals surface area contributed by atoms with Gasteiger partial charge in [-0.3, -0.25) is 14.5 Å². The Morgan fingerprint density at radius 3 is 2.42 bits per heavy atom. The van der Waals surface area contributed by atoms with Crippen molar-refractivity contribution in [1.82, 2.24) is 9.80 Å². The Labute approximate surface area is 157 Å². The molecule has 2 amide bonds. The second kappa shape index (κ2) is 8.44. The van der Waals surface area contributed by atoms with Crippen LogP contribution in [0.4, 0.5) is 5.69 Å². The van der Waals surface area contributed by atoms with E-state index >= 15 is 0 Å². The molecule has 1 saturated heterocycles. The van der Waals surface area contributed by atoms with E-state index in [9.17, 15) is 14.7 Å². The number of hydrogen-bond donors (Lipinski definition) is 2. The van der Waals surface area contributed by atoms with Crippen molar-refractivity contribution in [3.8, 4) is 0 Å². The summed E-state index contributed by atoms with van der Waals surface area (Å²) in [6.45, 7) is 4.82. The lowest BCUT2D eigenvalue weighted by Gasteiger charge is -2.35. The number of thiophene rings is 1. The maximum absolute atomic E-state index is 12.6. The molecule has 1 atom stereocenters. The highest BCUT2D eigenvalue weighted by molar-refractivity contribution is 7.10. The Hall–Kier alpha value is -2.22. The van der Waals surface area contributed by atoms with Crippen LogP contribution in [-0.4, -0.2) is 59.4 Å². The number of nitrogens with zero attached hydrogens (tertiary/aromatic N) is 2. The van der Waals surface area contributed by atoms with Crippen molar-refractivity contribution in [1.29, 1.82) is 0 Å². The molecule has 1 fully saturated rings. The monoisotopic (exact) mass is 373 g/mol. The van der Waals surface area contributed by atoms with Gasteiger partial charge in [-0.15, -0.1) is 11.3 Å². The van der Waals surface area contributed by atoms with Gasteiger partial charge in [0, 0.05) is 55.8 Å². The Bertz CT molecular complexity index is 738. The van der Waals surface area contributed by atoms with Gasteiger partial charge in [0.1, 0.15) is 6.10 Å². The van der Waals surface area contributed by atoms with Crippen molar-refractivity contribution in [3.05, 3.63) is 52.2 Å². The number of carbonyl (C=O) groups is 2. The quantitative estimate of drug-likeness (QED) is 0.843. The molecule has 6 nitrogen and oxygen atoms in total. The third kappa shape index (κ3) is 4.69. The largest absolute Gasteiger partial charge is 0.386 e. The number of benzene rings is 1. The lowest BCUT2D eigenvalue weighted by molar-refractivity contribution is -0.114. The fourth-order valence-corrected chi connectivity index (χ4v) is 3.73. The summed E-state index contributed by atoms with van der Waals surface area (Å²) in [7, 11) is 0. The van der Waals surface area contributed by atoms with Gasteiger partial charge in [-0.2, -0.15) is 0 Å². The fraction of sp³-hybridized carbons (Fsp3) is 0.368. The van der Waals surface area contributed by atoms with Crippen molar-refractivity contribution in [2.75, 3.05) is 38.0 Å². The predicted octanol–water partition coefficient (Wildman–Crippen LogP) is 2.20. The van der Waals surface area contributed by atoms with Crippen LogP contribution in [0.15, 0.2) is 41.8 Å². The first-order valence-electron chi connectivity index (χ1n) is 8.63. The van der Waals surface area contributed by atoms with Gasteiger partial charge in [0.05, 0.1) is 0 Å². The molecule has 3 rings (SSSR count). The Kier molecular flexibility index (Phi) is 6.03. The Morgan fingerprint density at radius 1 is 1.15 bits per heavy atom. The number of hydrogen-bond acceptors (Lipinski definition) is 5. The first kappa shape index (κ1) is 18.6. The molecular weight excluding hydrogens is 350 g/mol. The molecule has 0 radical (unpaired) electrons. The summed E-state index contributed by atoms with van der Waals surface area (Å²) in [6.07, 6.45) is -0.474. The van der Waals surface area contributed by atoms with Crippen LogP contribution in [0, 0.1) is 0 Å². The Balaban J connectivity index is 1.51. The van der Waals surface area contributed by atoms with Gasteiger partial charge in [-0.25, -0.2) is 0 Å². The molecule has 1 aromatic heterocycles. The normalized spacial score (nSPS) is 16.3. The topological polar surface area (TPSA) is 72.9 Å². The fourth-order valence-electron chi connectivity index (χ4n) is 3.03. The number of piperazine rings is 1. The molecule has 26 heavy (non-hydrogen) atoms. The first-order valence-corrected chi connectivity index (χ1v) is 9.51. The number of nitrogens with one attached hydrogen (secondary N) is 1. The average Bonchev–Trinajstić information content (AvgIpc) is 3.17. The van der Waals surface area contributed by atoms with Gasteiger partial charge in [-0.1, -0.05) is 6.07 Å². The van der Waals surface area contributed by atoms with E-state index in [1.54, 1.807) is 35.6 Å². The SMILES string of the molecule is CC(=O)Nc1ccc(C(=O)N2CCN(C[C@H](O)c3cccs3)CC2)cc1. The van der Waals surface area contributed by atoms with Gasteiger partial charge in [0.15, 0.2) is 0 Å². The summed E-state index contributed by atoms with van der Waals surface area (Å²) < 4.78 is 0. The van der Waals surface area contributed by atoms with Crippen LogP contribution in [0.1, 0.15) is 28.3 Å². The summed E-state index contributed by atoms with van der Waals surface area (Å²) in [6, 6.07) is 10.8. The highest BCUT2D eigenvalue weighted by atomic mass is 32.1. The standard InChI is InChI=1S/C19H23N3O3S/c1-14(23)20-16-6-4-15(5-7-16)19(25)22-10-8-21(9-11-22)13-17(24)18-3-2-12-26-18/h2-7,12,17,24H,8-11,13H2,1H3,(H,20,23)/t17-/m0/s1.